The molecule has 2 rings (SSSR count). The van der Waals surface area contributed by atoms with E-state index >= 15 is 0 Å². The Morgan fingerprint density at radius 1 is 1.50 bits per heavy atom. The molecule has 6 heteroatoms. The lowest BCUT2D eigenvalue weighted by molar-refractivity contribution is -0.118. The number of amides is 1. The summed E-state index contributed by atoms with van der Waals surface area (Å²) >= 11 is 0. The number of hydrogen-bond donors (Lipinski definition) is 2. The number of rotatable bonds is 4. The smallest absolute Gasteiger partial charge is 0.241 e. The summed E-state index contributed by atoms with van der Waals surface area (Å²) in [5.74, 6) is 0.402. The molecule has 0 spiro atoms. The second-order valence-corrected chi connectivity index (χ2v) is 5.10. The van der Waals surface area contributed by atoms with Crippen LogP contribution in [0.2, 0.25) is 0 Å². The van der Waals surface area contributed by atoms with E-state index in [1.807, 2.05) is 25.1 Å². The highest BCUT2D eigenvalue weighted by atomic mass is 16.5. The van der Waals surface area contributed by atoms with Crippen LogP contribution in [0, 0.1) is 0 Å². The van der Waals surface area contributed by atoms with E-state index in [0.29, 0.717) is 11.6 Å². The lowest BCUT2D eigenvalue weighted by atomic mass is 10.0. The number of nitrogens with zero attached hydrogens (tertiary/aromatic N) is 2. The Morgan fingerprint density at radius 3 is 2.90 bits per heavy atom. The predicted molar refractivity (Wildman–Crippen MR) is 79.4 cm³/mol. The van der Waals surface area contributed by atoms with Crippen LogP contribution >= 0.6 is 0 Å². The summed E-state index contributed by atoms with van der Waals surface area (Å²) in [6, 6.07) is 1.72. The molecule has 0 radical (unpaired) electrons. The van der Waals surface area contributed by atoms with Gasteiger partial charge in [-0.1, -0.05) is 6.42 Å². The Morgan fingerprint density at radius 2 is 2.30 bits per heavy atom. The van der Waals surface area contributed by atoms with Gasteiger partial charge in [0.2, 0.25) is 11.8 Å². The quantitative estimate of drug-likeness (QED) is 0.867. The molecule has 1 atom stereocenters. The first-order chi connectivity index (χ1) is 9.63. The van der Waals surface area contributed by atoms with E-state index in [-0.39, 0.29) is 11.9 Å². The van der Waals surface area contributed by atoms with Gasteiger partial charge >= 0.3 is 0 Å². The molecule has 1 fully saturated rings. The van der Waals surface area contributed by atoms with Crippen molar-refractivity contribution in [3.05, 3.63) is 12.3 Å². The Balaban J connectivity index is 2.20. The topological polar surface area (TPSA) is 66.5 Å². The number of hydrogen-bond acceptors (Lipinski definition) is 5. The largest absolute Gasteiger partial charge is 0.479 e. The molecule has 0 saturated carbocycles. The van der Waals surface area contributed by atoms with E-state index in [1.165, 1.54) is 0 Å². The van der Waals surface area contributed by atoms with Crippen LogP contribution in [0.4, 0.5) is 11.4 Å². The average Bonchev–Trinajstić information content (AvgIpc) is 2.48. The molecule has 2 N–H and O–H groups in total. The zero-order valence-electron chi connectivity index (χ0n) is 12.3. The number of piperidine rings is 1. The molecule has 110 valence electrons. The molecular weight excluding hydrogens is 256 g/mol. The number of anilines is 2. The van der Waals surface area contributed by atoms with E-state index in [1.54, 1.807) is 13.3 Å². The summed E-state index contributed by atoms with van der Waals surface area (Å²) in [7, 11) is 5.39. The van der Waals surface area contributed by atoms with Crippen molar-refractivity contribution < 1.29 is 9.53 Å². The number of carbonyl (C=O) groups excluding carboxylic acids is 1. The Kier molecular flexibility index (Phi) is 4.79. The van der Waals surface area contributed by atoms with E-state index in [4.69, 9.17) is 4.74 Å². The molecule has 6 nitrogen and oxygen atoms in total. The van der Waals surface area contributed by atoms with Gasteiger partial charge in [-0.3, -0.25) is 4.79 Å². The number of nitrogens with one attached hydrogen (secondary N) is 2. The van der Waals surface area contributed by atoms with E-state index < -0.39 is 0 Å². The van der Waals surface area contributed by atoms with Crippen molar-refractivity contribution in [2.75, 3.05) is 38.0 Å². The molecular formula is C14H22N4O2. The standard InChI is InChI=1S/C14H22N4O2/c1-18(2)11-7-9-16-14(20-3)12(11)17-13(19)10-6-4-5-8-15-10/h7,9-10,15H,4-6,8H2,1-3H3,(H,17,19). The van der Waals surface area contributed by atoms with Gasteiger partial charge in [0.25, 0.3) is 0 Å². The van der Waals surface area contributed by atoms with Crippen LogP contribution in [0.3, 0.4) is 0 Å². The average molecular weight is 278 g/mol. The molecule has 2 heterocycles. The molecule has 1 aliphatic rings. The fourth-order valence-corrected chi connectivity index (χ4v) is 2.36. The second kappa shape index (κ2) is 6.56. The number of aromatic nitrogens is 1. The van der Waals surface area contributed by atoms with Crippen molar-refractivity contribution in [2.24, 2.45) is 0 Å². The van der Waals surface area contributed by atoms with Crippen LogP contribution < -0.4 is 20.3 Å². The third kappa shape index (κ3) is 3.19. The zero-order valence-corrected chi connectivity index (χ0v) is 12.3. The van der Waals surface area contributed by atoms with Crippen molar-refractivity contribution in [3.8, 4) is 5.88 Å². The van der Waals surface area contributed by atoms with E-state index in [9.17, 15) is 4.79 Å². The highest BCUT2D eigenvalue weighted by Crippen LogP contribution is 2.32. The van der Waals surface area contributed by atoms with Crippen LogP contribution in [-0.4, -0.2) is 44.7 Å². The third-order valence-corrected chi connectivity index (χ3v) is 3.44. The SMILES string of the molecule is COc1nccc(N(C)C)c1NC(=O)C1CCCCN1. The van der Waals surface area contributed by atoms with Crippen LogP contribution in [0.25, 0.3) is 0 Å². The first-order valence-electron chi connectivity index (χ1n) is 6.88. The van der Waals surface area contributed by atoms with Gasteiger partial charge < -0.3 is 20.3 Å². The summed E-state index contributed by atoms with van der Waals surface area (Å²) in [5, 5.41) is 6.19. The van der Waals surface area contributed by atoms with Gasteiger partial charge in [0, 0.05) is 20.3 Å². The number of pyridine rings is 1. The van der Waals surface area contributed by atoms with Crippen molar-refractivity contribution >= 4 is 17.3 Å². The minimum Gasteiger partial charge on any atom is -0.479 e. The second-order valence-electron chi connectivity index (χ2n) is 5.10. The summed E-state index contributed by atoms with van der Waals surface area (Å²) in [4.78, 5) is 18.4. The summed E-state index contributed by atoms with van der Waals surface area (Å²) in [5.41, 5.74) is 1.50. The lowest BCUT2D eigenvalue weighted by Crippen LogP contribution is -2.43. The maximum absolute atomic E-state index is 12.3. The first-order valence-corrected chi connectivity index (χ1v) is 6.88. The van der Waals surface area contributed by atoms with E-state index in [0.717, 1.165) is 31.5 Å². The van der Waals surface area contributed by atoms with Crippen LogP contribution in [0.15, 0.2) is 12.3 Å². The molecule has 0 bridgehead atoms. The van der Waals surface area contributed by atoms with Gasteiger partial charge in [0.1, 0.15) is 5.69 Å². The van der Waals surface area contributed by atoms with Gasteiger partial charge in [-0.2, -0.15) is 0 Å². The summed E-state index contributed by atoms with van der Waals surface area (Å²) in [6.07, 6.45) is 4.74. The molecule has 1 saturated heterocycles. The predicted octanol–water partition coefficient (Wildman–Crippen LogP) is 1.24. The molecule has 1 unspecified atom stereocenters. The van der Waals surface area contributed by atoms with E-state index in [2.05, 4.69) is 15.6 Å². The molecule has 20 heavy (non-hydrogen) atoms. The Bertz CT molecular complexity index is 470. The third-order valence-electron chi connectivity index (χ3n) is 3.44. The number of carbonyl (C=O) groups is 1. The van der Waals surface area contributed by atoms with Gasteiger partial charge in [0.15, 0.2) is 0 Å². The van der Waals surface area contributed by atoms with Gasteiger partial charge in [0.05, 0.1) is 18.8 Å². The fourth-order valence-electron chi connectivity index (χ4n) is 2.36. The highest BCUT2D eigenvalue weighted by molar-refractivity contribution is 5.99. The maximum Gasteiger partial charge on any atom is 0.241 e. The monoisotopic (exact) mass is 278 g/mol. The molecule has 1 aromatic heterocycles. The molecule has 0 aliphatic carbocycles. The van der Waals surface area contributed by atoms with Crippen LogP contribution in [0.1, 0.15) is 19.3 Å². The Hall–Kier alpha value is -1.82. The Labute approximate surface area is 119 Å². The van der Waals surface area contributed by atoms with Gasteiger partial charge in [-0.25, -0.2) is 4.98 Å². The molecule has 1 amide bonds. The van der Waals surface area contributed by atoms with Crippen LogP contribution in [-0.2, 0) is 4.79 Å². The lowest BCUT2D eigenvalue weighted by Gasteiger charge is -2.24. The number of ether oxygens (including phenoxy) is 1. The normalized spacial score (nSPS) is 18.4. The molecule has 1 aromatic rings. The van der Waals surface area contributed by atoms with Gasteiger partial charge in [-0.15, -0.1) is 0 Å². The van der Waals surface area contributed by atoms with Crippen molar-refractivity contribution in [1.82, 2.24) is 10.3 Å². The zero-order chi connectivity index (χ0) is 14.5. The first kappa shape index (κ1) is 14.6. The maximum atomic E-state index is 12.3. The van der Waals surface area contributed by atoms with Gasteiger partial charge in [-0.05, 0) is 25.5 Å². The molecule has 0 aromatic carbocycles. The summed E-state index contributed by atoms with van der Waals surface area (Å²) in [6.45, 7) is 0.892. The summed E-state index contributed by atoms with van der Waals surface area (Å²) < 4.78 is 5.25. The fraction of sp³-hybridized carbons (Fsp3) is 0.571. The minimum absolute atomic E-state index is 0.0286. The highest BCUT2D eigenvalue weighted by Gasteiger charge is 2.23. The minimum atomic E-state index is -0.135. The molecule has 1 aliphatic heterocycles. The van der Waals surface area contributed by atoms with Crippen LogP contribution in [0.5, 0.6) is 5.88 Å². The number of methoxy groups -OCH3 is 1. The van der Waals surface area contributed by atoms with Crippen molar-refractivity contribution in [1.29, 1.82) is 0 Å². The van der Waals surface area contributed by atoms with Crippen molar-refractivity contribution in [3.63, 3.8) is 0 Å². The van der Waals surface area contributed by atoms with Crippen molar-refractivity contribution in [2.45, 2.75) is 25.3 Å².